The van der Waals surface area contributed by atoms with Crippen LogP contribution in [-0.4, -0.2) is 50.1 Å². The molecule has 22 heavy (non-hydrogen) atoms. The van der Waals surface area contributed by atoms with Gasteiger partial charge in [-0.2, -0.15) is 13.2 Å². The Hall–Kier alpha value is -0.540. The molecule has 0 spiro atoms. The van der Waals surface area contributed by atoms with E-state index in [1.807, 2.05) is 0 Å². The number of unbranched alkanes of at least 4 members (excludes halogenated alkanes) is 1. The molecule has 0 aliphatic carbocycles. The van der Waals surface area contributed by atoms with Gasteiger partial charge in [0.05, 0.1) is 6.61 Å². The number of esters is 1. The quantitative estimate of drug-likeness (QED) is 0.227. The summed E-state index contributed by atoms with van der Waals surface area (Å²) in [6.45, 7) is 0.140. The fourth-order valence-corrected chi connectivity index (χ4v) is 1.85. The van der Waals surface area contributed by atoms with E-state index < -0.39 is 41.3 Å². The van der Waals surface area contributed by atoms with Gasteiger partial charge >= 0.3 is 25.6 Å². The Bertz CT molecular complexity index is 467. The van der Waals surface area contributed by atoms with Crippen LogP contribution in [0.25, 0.3) is 0 Å². The fraction of sp³-hybridized carbons (Fsp3) is 0.778. The third kappa shape index (κ3) is 5.92. The summed E-state index contributed by atoms with van der Waals surface area (Å²) in [6.07, 6.45) is -4.52. The average molecular weight is 390 g/mol. The lowest BCUT2D eigenvalue weighted by molar-refractivity contribution is -0.187. The molecule has 0 radical (unpaired) electrons. The standard InChI is InChI=1S/C9H13Cl2F3NO6P/c1-2-3-4-21-6(16)5-15(7(17)8(12,13)14)9(10,11)22(18,19)20/h2-5H2,1H3,(H2,18,19,20). The smallest absolute Gasteiger partial charge is 0.464 e. The molecule has 7 nitrogen and oxygen atoms in total. The molecule has 130 valence electrons. The maximum absolute atomic E-state index is 12.5. The molecule has 0 fully saturated rings. The lowest BCUT2D eigenvalue weighted by Gasteiger charge is -2.33. The highest BCUT2D eigenvalue weighted by atomic mass is 35.5. The molecule has 2 N–H and O–H groups in total. The molecule has 0 aliphatic heterocycles. The van der Waals surface area contributed by atoms with Crippen molar-refractivity contribution in [3.05, 3.63) is 0 Å². The predicted octanol–water partition coefficient (Wildman–Crippen LogP) is 1.99. The molecule has 0 aromatic rings. The molecule has 0 aromatic carbocycles. The van der Waals surface area contributed by atoms with Gasteiger partial charge < -0.3 is 14.5 Å². The van der Waals surface area contributed by atoms with Gasteiger partial charge in [-0.15, -0.1) is 0 Å². The van der Waals surface area contributed by atoms with Crippen molar-refractivity contribution in [1.82, 2.24) is 4.90 Å². The molecule has 13 heteroatoms. The zero-order chi connectivity index (χ0) is 17.8. The van der Waals surface area contributed by atoms with E-state index in [0.717, 1.165) is 0 Å². The minimum Gasteiger partial charge on any atom is -0.464 e. The van der Waals surface area contributed by atoms with Crippen molar-refractivity contribution in [3.63, 3.8) is 0 Å². The Morgan fingerprint density at radius 3 is 2.14 bits per heavy atom. The summed E-state index contributed by atoms with van der Waals surface area (Å²) in [5.41, 5.74) is 0. The summed E-state index contributed by atoms with van der Waals surface area (Å²) in [7, 11) is -5.61. The van der Waals surface area contributed by atoms with Gasteiger partial charge in [0, 0.05) is 0 Å². The molecule has 0 heterocycles. The highest BCUT2D eigenvalue weighted by Crippen LogP contribution is 2.58. The Morgan fingerprint density at radius 1 is 1.27 bits per heavy atom. The first kappa shape index (κ1) is 21.5. The SMILES string of the molecule is CCCCOC(=O)CN(C(=O)C(F)(F)F)C(Cl)(Cl)P(=O)(O)O. The number of amides is 1. The van der Waals surface area contributed by atoms with Crippen molar-refractivity contribution in [2.45, 2.75) is 30.1 Å². The normalized spacial score (nSPS) is 12.9. The first-order valence-corrected chi connectivity index (χ1v) is 8.09. The van der Waals surface area contributed by atoms with Crippen LogP contribution in [0, 0.1) is 0 Å². The van der Waals surface area contributed by atoms with Crippen LogP contribution in [0.3, 0.4) is 0 Å². The molecule has 0 unspecified atom stereocenters. The van der Waals surface area contributed by atoms with Gasteiger partial charge in [0.1, 0.15) is 6.54 Å². The minimum absolute atomic E-state index is 0.142. The third-order valence-corrected chi connectivity index (χ3v) is 4.88. The molecule has 0 bridgehead atoms. The van der Waals surface area contributed by atoms with Crippen LogP contribution in [0.2, 0.25) is 0 Å². The van der Waals surface area contributed by atoms with Gasteiger partial charge in [-0.3, -0.25) is 19.1 Å². The fourth-order valence-electron chi connectivity index (χ4n) is 1.10. The Labute approximate surface area is 133 Å². The number of rotatable bonds is 7. The first-order chi connectivity index (χ1) is 9.75. The van der Waals surface area contributed by atoms with Crippen molar-refractivity contribution in [1.29, 1.82) is 0 Å². The van der Waals surface area contributed by atoms with Crippen molar-refractivity contribution in [2.24, 2.45) is 0 Å². The lowest BCUT2D eigenvalue weighted by atomic mass is 10.4. The van der Waals surface area contributed by atoms with Crippen LogP contribution in [0.4, 0.5) is 13.2 Å². The second kappa shape index (κ2) is 7.83. The maximum atomic E-state index is 12.5. The van der Waals surface area contributed by atoms with E-state index in [2.05, 4.69) is 4.74 Å². The molecule has 0 aliphatic rings. The molecule has 0 atom stereocenters. The van der Waals surface area contributed by atoms with Crippen LogP contribution in [0.1, 0.15) is 19.8 Å². The number of alkyl halides is 5. The molecule has 0 saturated carbocycles. The number of hydrogen-bond acceptors (Lipinski definition) is 4. The van der Waals surface area contributed by atoms with Crippen LogP contribution in [0.15, 0.2) is 0 Å². The topological polar surface area (TPSA) is 104 Å². The zero-order valence-electron chi connectivity index (χ0n) is 11.1. The van der Waals surface area contributed by atoms with Crippen molar-refractivity contribution >= 4 is 42.7 Å². The van der Waals surface area contributed by atoms with Gasteiger partial charge in [0.2, 0.25) is 0 Å². The predicted molar refractivity (Wildman–Crippen MR) is 70.1 cm³/mol. The van der Waals surface area contributed by atoms with Crippen LogP contribution in [0.5, 0.6) is 0 Å². The van der Waals surface area contributed by atoms with Crippen molar-refractivity contribution in [2.75, 3.05) is 13.2 Å². The van der Waals surface area contributed by atoms with Gasteiger partial charge in [-0.05, 0) is 6.42 Å². The summed E-state index contributed by atoms with van der Waals surface area (Å²) < 4.78 is 49.4. The number of halogens is 5. The third-order valence-electron chi connectivity index (χ3n) is 2.21. The zero-order valence-corrected chi connectivity index (χ0v) is 13.5. The van der Waals surface area contributed by atoms with E-state index in [1.54, 1.807) is 6.92 Å². The Balaban J connectivity index is 5.34. The van der Waals surface area contributed by atoms with E-state index in [1.165, 1.54) is 0 Å². The number of carbonyl (C=O) groups is 2. The maximum Gasteiger partial charge on any atom is 0.471 e. The highest BCUT2D eigenvalue weighted by molar-refractivity contribution is 7.58. The summed E-state index contributed by atoms with van der Waals surface area (Å²) >= 11 is 10.4. The van der Waals surface area contributed by atoms with Gasteiger partial charge in [-0.25, -0.2) is 0 Å². The molecular weight excluding hydrogens is 377 g/mol. The first-order valence-electron chi connectivity index (χ1n) is 5.73. The average Bonchev–Trinajstić information content (AvgIpc) is 2.32. The highest BCUT2D eigenvalue weighted by Gasteiger charge is 2.57. The summed E-state index contributed by atoms with van der Waals surface area (Å²) in [5, 5.41) is 0. The van der Waals surface area contributed by atoms with Crippen LogP contribution in [-0.2, 0) is 18.9 Å². The molecule has 0 aromatic heterocycles. The summed E-state index contributed by atoms with van der Waals surface area (Å²) in [6, 6.07) is 0. The van der Waals surface area contributed by atoms with Crippen LogP contribution >= 0.6 is 30.8 Å². The summed E-state index contributed by atoms with van der Waals surface area (Å²) in [5.74, 6) is -4.13. The monoisotopic (exact) mass is 389 g/mol. The number of nitrogens with zero attached hydrogens (tertiary/aromatic N) is 1. The van der Waals surface area contributed by atoms with E-state index in [4.69, 9.17) is 33.0 Å². The van der Waals surface area contributed by atoms with Gasteiger partial charge in [-0.1, -0.05) is 36.5 Å². The molecular formula is C9H13Cl2F3NO6P. The van der Waals surface area contributed by atoms with Gasteiger partial charge in [0.25, 0.3) is 4.20 Å². The number of carbonyl (C=O) groups excluding carboxylic acids is 2. The number of hydrogen-bond donors (Lipinski definition) is 2. The second-order valence-corrected chi connectivity index (χ2v) is 7.57. The van der Waals surface area contributed by atoms with E-state index in [-0.39, 0.29) is 6.61 Å². The largest absolute Gasteiger partial charge is 0.471 e. The van der Waals surface area contributed by atoms with E-state index >= 15 is 0 Å². The lowest BCUT2D eigenvalue weighted by Crippen LogP contribution is -2.52. The van der Waals surface area contributed by atoms with Crippen LogP contribution < -0.4 is 0 Å². The Kier molecular flexibility index (Phi) is 7.64. The summed E-state index contributed by atoms with van der Waals surface area (Å²) in [4.78, 5) is 39.7. The second-order valence-electron chi connectivity index (χ2n) is 4.02. The van der Waals surface area contributed by atoms with Gasteiger partial charge in [0.15, 0.2) is 0 Å². The van der Waals surface area contributed by atoms with E-state index in [0.29, 0.717) is 12.8 Å². The van der Waals surface area contributed by atoms with Crippen molar-refractivity contribution < 1.29 is 41.8 Å². The molecule has 1 amide bonds. The molecule has 0 saturated heterocycles. The van der Waals surface area contributed by atoms with E-state index in [9.17, 15) is 27.3 Å². The minimum atomic E-state index is -5.61. The molecule has 0 rings (SSSR count). The number of ether oxygens (including phenoxy) is 1. The van der Waals surface area contributed by atoms with Crippen molar-refractivity contribution in [3.8, 4) is 0 Å². The Morgan fingerprint density at radius 2 is 1.77 bits per heavy atom.